The number of hydrogen-bond donors (Lipinski definition) is 1. The summed E-state index contributed by atoms with van der Waals surface area (Å²) in [5.74, 6) is -0.249. The molecule has 1 amide bonds. The normalized spacial score (nSPS) is 12.7. The molecule has 0 saturated carbocycles. The molecule has 8 nitrogen and oxygen atoms in total. The third-order valence-corrected chi connectivity index (χ3v) is 4.34. The van der Waals surface area contributed by atoms with Crippen LogP contribution in [0.25, 0.3) is 11.3 Å². The Labute approximate surface area is 167 Å². The van der Waals surface area contributed by atoms with Crippen LogP contribution < -0.4 is 10.5 Å². The number of halogens is 2. The second kappa shape index (κ2) is 8.54. The highest BCUT2D eigenvalue weighted by atomic mass is 19.3. The number of ketones is 1. The van der Waals surface area contributed by atoms with E-state index < -0.39 is 24.2 Å². The highest BCUT2D eigenvalue weighted by Gasteiger charge is 2.34. The maximum Gasteiger partial charge on any atom is 0.404 e. The molecule has 10 heteroatoms. The average Bonchev–Trinajstić information content (AvgIpc) is 2.91. The molecule has 1 unspecified atom stereocenters. The van der Waals surface area contributed by atoms with E-state index in [0.29, 0.717) is 5.82 Å². The van der Waals surface area contributed by atoms with Gasteiger partial charge in [0.2, 0.25) is 5.88 Å². The summed E-state index contributed by atoms with van der Waals surface area (Å²) in [6, 6.07) is 2.53. The molecule has 0 fully saturated rings. The first-order valence-electron chi connectivity index (χ1n) is 8.85. The van der Waals surface area contributed by atoms with Crippen LogP contribution in [-0.4, -0.2) is 39.6 Å². The van der Waals surface area contributed by atoms with Crippen LogP contribution in [0, 0.1) is 12.3 Å². The Balaban J connectivity index is 2.71. The SMILES string of the molecule is CC(=O)c1c(-c2cccnc2OC(F)F)nc(C)n1C(COC(N)=O)C(C)(C)C. The first-order valence-corrected chi connectivity index (χ1v) is 8.85. The molecule has 1 atom stereocenters. The van der Waals surface area contributed by atoms with Gasteiger partial charge in [-0.05, 0) is 24.5 Å². The lowest BCUT2D eigenvalue weighted by Crippen LogP contribution is -2.33. The number of nitrogens with two attached hydrogens (primary N) is 1. The highest BCUT2D eigenvalue weighted by Crippen LogP contribution is 2.38. The van der Waals surface area contributed by atoms with Crippen molar-refractivity contribution >= 4 is 11.9 Å². The monoisotopic (exact) mass is 410 g/mol. The summed E-state index contributed by atoms with van der Waals surface area (Å²) in [7, 11) is 0. The van der Waals surface area contributed by atoms with Gasteiger partial charge >= 0.3 is 12.7 Å². The maximum atomic E-state index is 12.8. The van der Waals surface area contributed by atoms with E-state index in [9.17, 15) is 18.4 Å². The van der Waals surface area contributed by atoms with Crippen LogP contribution in [0.4, 0.5) is 13.6 Å². The molecule has 0 aliphatic heterocycles. The minimum Gasteiger partial charge on any atom is -0.447 e. The van der Waals surface area contributed by atoms with Crippen molar-refractivity contribution in [3.63, 3.8) is 0 Å². The van der Waals surface area contributed by atoms with Gasteiger partial charge in [-0.2, -0.15) is 8.78 Å². The van der Waals surface area contributed by atoms with Crippen molar-refractivity contribution in [2.24, 2.45) is 11.1 Å². The Morgan fingerprint density at radius 1 is 1.31 bits per heavy atom. The fraction of sp³-hybridized carbons (Fsp3) is 0.474. The molecule has 29 heavy (non-hydrogen) atoms. The van der Waals surface area contributed by atoms with E-state index in [1.807, 2.05) is 20.8 Å². The van der Waals surface area contributed by atoms with E-state index in [4.69, 9.17) is 10.5 Å². The molecule has 0 saturated heterocycles. The summed E-state index contributed by atoms with van der Waals surface area (Å²) in [4.78, 5) is 32.0. The lowest BCUT2D eigenvalue weighted by atomic mass is 9.86. The van der Waals surface area contributed by atoms with Gasteiger partial charge in [0.15, 0.2) is 5.78 Å². The van der Waals surface area contributed by atoms with Gasteiger partial charge < -0.3 is 19.8 Å². The van der Waals surface area contributed by atoms with E-state index >= 15 is 0 Å². The van der Waals surface area contributed by atoms with Gasteiger partial charge in [-0.1, -0.05) is 20.8 Å². The van der Waals surface area contributed by atoms with E-state index in [2.05, 4.69) is 14.7 Å². The van der Waals surface area contributed by atoms with Gasteiger partial charge in [0, 0.05) is 13.1 Å². The molecule has 2 aromatic heterocycles. The zero-order valence-electron chi connectivity index (χ0n) is 16.9. The second-order valence-electron chi connectivity index (χ2n) is 7.53. The summed E-state index contributed by atoms with van der Waals surface area (Å²) in [6.07, 6.45) is 0.360. The topological polar surface area (TPSA) is 109 Å². The zero-order chi connectivity index (χ0) is 21.9. The molecule has 0 radical (unpaired) electrons. The Bertz CT molecular complexity index is 906. The van der Waals surface area contributed by atoms with Gasteiger partial charge in [0.05, 0.1) is 11.6 Å². The van der Waals surface area contributed by atoms with Crippen molar-refractivity contribution in [1.82, 2.24) is 14.5 Å². The number of alkyl halides is 2. The molecular formula is C19H24F2N4O4. The van der Waals surface area contributed by atoms with Crippen LogP contribution in [-0.2, 0) is 4.74 Å². The first kappa shape index (κ1) is 22.3. The number of amides is 1. The molecular weight excluding hydrogens is 386 g/mol. The number of nitrogens with zero attached hydrogens (tertiary/aromatic N) is 3. The molecule has 0 aliphatic rings. The number of ether oxygens (including phenoxy) is 2. The summed E-state index contributed by atoms with van der Waals surface area (Å²) in [5.41, 5.74) is 5.14. The van der Waals surface area contributed by atoms with E-state index in [0.717, 1.165) is 0 Å². The number of rotatable bonds is 7. The van der Waals surface area contributed by atoms with Crippen molar-refractivity contribution in [1.29, 1.82) is 0 Å². The number of hydrogen-bond acceptors (Lipinski definition) is 6. The minimum atomic E-state index is -3.08. The lowest BCUT2D eigenvalue weighted by Gasteiger charge is -2.33. The molecule has 2 aromatic rings. The van der Waals surface area contributed by atoms with Crippen molar-refractivity contribution in [2.75, 3.05) is 6.61 Å². The summed E-state index contributed by atoms with van der Waals surface area (Å²) < 4.78 is 36.8. The number of carbonyl (C=O) groups excluding carboxylic acids is 2. The fourth-order valence-electron chi connectivity index (χ4n) is 3.07. The third kappa shape index (κ3) is 5.07. The molecule has 2 heterocycles. The van der Waals surface area contributed by atoms with Crippen LogP contribution in [0.3, 0.4) is 0 Å². The molecule has 0 aromatic carbocycles. The number of Topliss-reactive ketones (excluding diaryl/α,β-unsaturated/α-hetero) is 1. The quantitative estimate of drug-likeness (QED) is 0.697. The maximum absolute atomic E-state index is 12.8. The number of carbonyl (C=O) groups is 2. The summed E-state index contributed by atoms with van der Waals surface area (Å²) >= 11 is 0. The van der Waals surface area contributed by atoms with E-state index in [1.165, 1.54) is 25.3 Å². The lowest BCUT2D eigenvalue weighted by molar-refractivity contribution is -0.0524. The second-order valence-corrected chi connectivity index (χ2v) is 7.53. The van der Waals surface area contributed by atoms with Crippen molar-refractivity contribution in [3.05, 3.63) is 29.8 Å². The first-order chi connectivity index (χ1) is 13.4. The van der Waals surface area contributed by atoms with E-state index in [1.54, 1.807) is 11.5 Å². The van der Waals surface area contributed by atoms with Crippen LogP contribution in [0.15, 0.2) is 18.3 Å². The predicted octanol–water partition coefficient (Wildman–Crippen LogP) is 3.74. The number of pyridine rings is 1. The highest BCUT2D eigenvalue weighted by molar-refractivity contribution is 5.99. The smallest absolute Gasteiger partial charge is 0.404 e. The number of aryl methyl sites for hydroxylation is 1. The zero-order valence-corrected chi connectivity index (χ0v) is 16.9. The number of primary amides is 1. The van der Waals surface area contributed by atoms with Gasteiger partial charge in [0.25, 0.3) is 0 Å². The van der Waals surface area contributed by atoms with Crippen LogP contribution in [0.5, 0.6) is 5.88 Å². The number of aromatic nitrogens is 3. The molecule has 0 aliphatic carbocycles. The van der Waals surface area contributed by atoms with Gasteiger partial charge in [0.1, 0.15) is 23.8 Å². The van der Waals surface area contributed by atoms with E-state index in [-0.39, 0.29) is 35.2 Å². The molecule has 2 rings (SSSR count). The Hall–Kier alpha value is -3.04. The van der Waals surface area contributed by atoms with Crippen molar-refractivity contribution < 1.29 is 27.8 Å². The molecule has 0 spiro atoms. The third-order valence-electron chi connectivity index (χ3n) is 4.34. The summed E-state index contributed by atoms with van der Waals surface area (Å²) in [5, 5.41) is 0. The van der Waals surface area contributed by atoms with Gasteiger partial charge in [-0.15, -0.1) is 0 Å². The largest absolute Gasteiger partial charge is 0.447 e. The van der Waals surface area contributed by atoms with Crippen LogP contribution in [0.2, 0.25) is 0 Å². The van der Waals surface area contributed by atoms with Crippen LogP contribution >= 0.6 is 0 Å². The molecule has 0 bridgehead atoms. The minimum absolute atomic E-state index is 0.0941. The predicted molar refractivity (Wildman–Crippen MR) is 101 cm³/mol. The average molecular weight is 410 g/mol. The van der Waals surface area contributed by atoms with Gasteiger partial charge in [-0.3, -0.25) is 4.79 Å². The Kier molecular flexibility index (Phi) is 6.55. The fourth-order valence-corrected chi connectivity index (χ4v) is 3.07. The number of imidazole rings is 1. The van der Waals surface area contributed by atoms with Crippen molar-refractivity contribution in [3.8, 4) is 17.1 Å². The standard InChI is InChI=1S/C19H24F2N4O4/c1-10(26)15-14(12-7-6-8-23-16(12)29-17(20)21)24-11(2)25(15)13(19(3,4)5)9-28-18(22)27/h6-8,13,17H,9H2,1-5H3,(H2,22,27). The summed E-state index contributed by atoms with van der Waals surface area (Å²) in [6.45, 7) is 5.54. The Morgan fingerprint density at radius 2 is 1.97 bits per heavy atom. The van der Waals surface area contributed by atoms with Gasteiger partial charge in [-0.25, -0.2) is 14.8 Å². The van der Waals surface area contributed by atoms with Crippen molar-refractivity contribution in [2.45, 2.75) is 47.3 Å². The van der Waals surface area contributed by atoms with Crippen LogP contribution in [0.1, 0.15) is 50.0 Å². The molecule has 2 N–H and O–H groups in total. The molecule has 158 valence electrons. The Morgan fingerprint density at radius 3 is 2.48 bits per heavy atom.